The zero-order valence-corrected chi connectivity index (χ0v) is 21.2. The molecule has 0 spiro atoms. The minimum atomic E-state index is -0.877. The summed E-state index contributed by atoms with van der Waals surface area (Å²) >= 11 is 0. The molecule has 3 atom stereocenters. The number of carbonyl (C=O) groups excluding carboxylic acids is 1. The van der Waals surface area contributed by atoms with Gasteiger partial charge in [-0.2, -0.15) is 4.98 Å². The van der Waals surface area contributed by atoms with Crippen LogP contribution in [-0.4, -0.2) is 61.0 Å². The first kappa shape index (κ1) is 25.2. The first-order chi connectivity index (χ1) is 16.8. The third-order valence-corrected chi connectivity index (χ3v) is 6.88. The summed E-state index contributed by atoms with van der Waals surface area (Å²) in [4.78, 5) is 24.8. The number of piperidine rings is 1. The predicted molar refractivity (Wildman–Crippen MR) is 135 cm³/mol. The first-order valence-electron chi connectivity index (χ1n) is 12.2. The molecule has 0 aliphatic carbocycles. The second-order valence-electron chi connectivity index (χ2n) is 9.47. The van der Waals surface area contributed by atoms with E-state index in [9.17, 15) is 4.79 Å². The van der Waals surface area contributed by atoms with Gasteiger partial charge >= 0.3 is 0 Å². The zero-order valence-electron chi connectivity index (χ0n) is 21.2. The number of methoxy groups -OCH3 is 2. The van der Waals surface area contributed by atoms with Gasteiger partial charge in [-0.05, 0) is 44.9 Å². The maximum absolute atomic E-state index is 13.3. The van der Waals surface area contributed by atoms with Gasteiger partial charge in [0.05, 0.1) is 19.3 Å². The van der Waals surface area contributed by atoms with Crippen LogP contribution in [0.4, 0.5) is 11.8 Å². The Morgan fingerprint density at radius 3 is 2.49 bits per heavy atom. The Morgan fingerprint density at radius 1 is 1.17 bits per heavy atom. The molecule has 2 aromatic rings. The summed E-state index contributed by atoms with van der Waals surface area (Å²) in [6.45, 7) is 7.33. The average Bonchev–Trinajstić information content (AvgIpc) is 3.27. The van der Waals surface area contributed by atoms with E-state index in [1.165, 1.54) is 0 Å². The van der Waals surface area contributed by atoms with Crippen LogP contribution in [0, 0.1) is 6.92 Å². The molecule has 10 nitrogen and oxygen atoms in total. The SMILES string of the molecule is COc1ccc([C@H](C)NC(=O)C2(OC)CCN(c3nc(C)cc(NC4CC(C)NN4)n3)CC2)cc1. The van der Waals surface area contributed by atoms with Gasteiger partial charge < -0.3 is 25.0 Å². The number of benzene rings is 1. The number of hydrazine groups is 1. The number of carbonyl (C=O) groups is 1. The van der Waals surface area contributed by atoms with E-state index in [0.29, 0.717) is 37.9 Å². The van der Waals surface area contributed by atoms with Crippen LogP contribution in [0.15, 0.2) is 30.3 Å². The Hall–Kier alpha value is -2.95. The summed E-state index contributed by atoms with van der Waals surface area (Å²) in [5, 5.41) is 6.57. The van der Waals surface area contributed by atoms with Crippen LogP contribution >= 0.6 is 0 Å². The lowest BCUT2D eigenvalue weighted by molar-refractivity contribution is -0.146. The number of anilines is 2. The minimum absolute atomic E-state index is 0.0931. The van der Waals surface area contributed by atoms with E-state index in [4.69, 9.17) is 14.5 Å². The van der Waals surface area contributed by atoms with Crippen molar-refractivity contribution in [2.75, 3.05) is 37.5 Å². The zero-order chi connectivity index (χ0) is 25.0. The normalized spacial score (nSPS) is 22.5. The van der Waals surface area contributed by atoms with Gasteiger partial charge in [0.1, 0.15) is 17.2 Å². The molecule has 190 valence electrons. The molecule has 0 radical (unpaired) electrons. The highest BCUT2D eigenvalue weighted by Crippen LogP contribution is 2.30. The van der Waals surface area contributed by atoms with Crippen molar-refractivity contribution in [2.45, 2.75) is 63.9 Å². The smallest absolute Gasteiger partial charge is 0.252 e. The standard InChI is InChI=1S/C25H37N7O3/c1-16-14-21(28-22-15-17(2)30-31-22)29-24(26-16)32-12-10-25(35-5,11-13-32)23(33)27-18(3)19-6-8-20(34-4)9-7-19/h6-9,14,17-18,22,30-31H,10-13,15H2,1-5H3,(H,27,33)(H,26,28,29)/t17?,18-,22?/m0/s1. The molecule has 2 aliphatic heterocycles. The fourth-order valence-corrected chi connectivity index (χ4v) is 4.65. The summed E-state index contributed by atoms with van der Waals surface area (Å²) in [5.74, 6) is 2.15. The molecule has 2 fully saturated rings. The van der Waals surface area contributed by atoms with Gasteiger partial charge in [-0.1, -0.05) is 12.1 Å². The maximum atomic E-state index is 13.3. The van der Waals surface area contributed by atoms with Gasteiger partial charge in [-0.25, -0.2) is 10.4 Å². The molecule has 4 N–H and O–H groups in total. The van der Waals surface area contributed by atoms with Gasteiger partial charge in [0, 0.05) is 50.8 Å². The van der Waals surface area contributed by atoms with Gasteiger partial charge in [0.2, 0.25) is 5.95 Å². The molecule has 1 aromatic carbocycles. The van der Waals surface area contributed by atoms with Crippen molar-refractivity contribution < 1.29 is 14.3 Å². The van der Waals surface area contributed by atoms with E-state index in [-0.39, 0.29) is 18.1 Å². The lowest BCUT2D eigenvalue weighted by Crippen LogP contribution is -2.55. The fraction of sp³-hybridized carbons (Fsp3) is 0.560. The number of hydrogen-bond acceptors (Lipinski definition) is 9. The molecule has 4 rings (SSSR count). The van der Waals surface area contributed by atoms with Crippen molar-refractivity contribution in [3.63, 3.8) is 0 Å². The second kappa shape index (κ2) is 10.8. The Bertz CT molecular complexity index is 1010. The number of ether oxygens (including phenoxy) is 2. The molecule has 10 heteroatoms. The topological polar surface area (TPSA) is 113 Å². The highest BCUT2D eigenvalue weighted by atomic mass is 16.5. The van der Waals surface area contributed by atoms with Gasteiger partial charge in [-0.3, -0.25) is 10.2 Å². The van der Waals surface area contributed by atoms with Crippen LogP contribution in [0.1, 0.15) is 50.4 Å². The number of hydrogen-bond donors (Lipinski definition) is 4. The molecule has 1 aromatic heterocycles. The van der Waals surface area contributed by atoms with E-state index in [1.54, 1.807) is 14.2 Å². The maximum Gasteiger partial charge on any atom is 0.252 e. The molecule has 1 amide bonds. The van der Waals surface area contributed by atoms with Crippen LogP contribution in [-0.2, 0) is 9.53 Å². The Kier molecular flexibility index (Phi) is 7.73. The van der Waals surface area contributed by atoms with Gasteiger partial charge in [0.25, 0.3) is 5.91 Å². The predicted octanol–water partition coefficient (Wildman–Crippen LogP) is 2.28. The third kappa shape index (κ3) is 5.83. The third-order valence-electron chi connectivity index (χ3n) is 6.88. The minimum Gasteiger partial charge on any atom is -0.497 e. The van der Waals surface area contributed by atoms with E-state index in [0.717, 1.165) is 29.2 Å². The fourth-order valence-electron chi connectivity index (χ4n) is 4.65. The van der Waals surface area contributed by atoms with Crippen molar-refractivity contribution in [3.05, 3.63) is 41.6 Å². The van der Waals surface area contributed by atoms with Crippen molar-refractivity contribution in [3.8, 4) is 5.75 Å². The van der Waals surface area contributed by atoms with Crippen LogP contribution in [0.3, 0.4) is 0 Å². The van der Waals surface area contributed by atoms with Gasteiger partial charge in [-0.15, -0.1) is 0 Å². The quantitative estimate of drug-likeness (QED) is 0.449. The summed E-state index contributed by atoms with van der Waals surface area (Å²) in [5.41, 5.74) is 7.48. The van der Waals surface area contributed by atoms with Crippen LogP contribution in [0.5, 0.6) is 5.75 Å². The number of rotatable bonds is 8. The molecular weight excluding hydrogens is 446 g/mol. The van der Waals surface area contributed by atoms with Crippen molar-refractivity contribution in [1.82, 2.24) is 26.1 Å². The van der Waals surface area contributed by atoms with Crippen LogP contribution in [0.2, 0.25) is 0 Å². The van der Waals surface area contributed by atoms with Crippen molar-refractivity contribution >= 4 is 17.7 Å². The largest absolute Gasteiger partial charge is 0.497 e. The van der Waals surface area contributed by atoms with Crippen molar-refractivity contribution in [2.24, 2.45) is 0 Å². The number of nitrogens with zero attached hydrogens (tertiary/aromatic N) is 3. The van der Waals surface area contributed by atoms with Gasteiger partial charge in [0.15, 0.2) is 0 Å². The Labute approximate surface area is 207 Å². The molecule has 0 saturated carbocycles. The summed E-state index contributed by atoms with van der Waals surface area (Å²) in [6.07, 6.45) is 2.18. The molecule has 2 saturated heterocycles. The Balaban J connectivity index is 1.38. The number of aryl methyl sites for hydroxylation is 1. The summed E-state index contributed by atoms with van der Waals surface area (Å²) in [7, 11) is 3.25. The highest BCUT2D eigenvalue weighted by Gasteiger charge is 2.42. The molecule has 35 heavy (non-hydrogen) atoms. The molecule has 2 unspecified atom stereocenters. The molecular formula is C25H37N7O3. The lowest BCUT2D eigenvalue weighted by Gasteiger charge is -2.40. The summed E-state index contributed by atoms with van der Waals surface area (Å²) in [6, 6.07) is 9.92. The lowest BCUT2D eigenvalue weighted by atomic mass is 9.89. The van der Waals surface area contributed by atoms with Crippen molar-refractivity contribution in [1.29, 1.82) is 0 Å². The van der Waals surface area contributed by atoms with Crippen LogP contribution < -0.4 is 31.1 Å². The number of aromatic nitrogens is 2. The molecule has 0 bridgehead atoms. The summed E-state index contributed by atoms with van der Waals surface area (Å²) < 4.78 is 11.0. The van der Waals surface area contributed by atoms with E-state index >= 15 is 0 Å². The Morgan fingerprint density at radius 2 is 1.89 bits per heavy atom. The molecule has 2 aliphatic rings. The highest BCUT2D eigenvalue weighted by molar-refractivity contribution is 5.86. The first-order valence-corrected chi connectivity index (χ1v) is 12.2. The van der Waals surface area contributed by atoms with E-state index < -0.39 is 5.60 Å². The van der Waals surface area contributed by atoms with E-state index in [2.05, 4.69) is 38.3 Å². The monoisotopic (exact) mass is 483 g/mol. The number of nitrogens with one attached hydrogen (secondary N) is 4. The average molecular weight is 484 g/mol. The molecule has 3 heterocycles. The van der Waals surface area contributed by atoms with Crippen LogP contribution in [0.25, 0.3) is 0 Å². The number of amides is 1. The van der Waals surface area contributed by atoms with E-state index in [1.807, 2.05) is 44.2 Å². The second-order valence-corrected chi connectivity index (χ2v) is 9.47.